The number of nitrogens with one attached hydrogen (secondary N) is 2. The normalized spacial score (nSPS) is 15.5. The third-order valence-electron chi connectivity index (χ3n) is 4.05. The summed E-state index contributed by atoms with van der Waals surface area (Å²) in [6, 6.07) is 4.91. The van der Waals surface area contributed by atoms with E-state index in [4.69, 9.17) is 0 Å². The minimum absolute atomic E-state index is 0.234. The minimum Gasteiger partial charge on any atom is -0.390 e. The monoisotopic (exact) mass is 359 g/mol. The second-order valence-electron chi connectivity index (χ2n) is 6.59. The highest BCUT2D eigenvalue weighted by molar-refractivity contribution is 5.74. The fraction of sp³-hybridized carbons (Fsp3) is 0.444. The van der Waals surface area contributed by atoms with Crippen LogP contribution in [0.4, 0.5) is 11.5 Å². The van der Waals surface area contributed by atoms with Crippen LogP contribution in [-0.2, 0) is 7.05 Å². The number of piperidine rings is 1. The number of anilines is 2. The first kappa shape index (κ1) is 19.7. The van der Waals surface area contributed by atoms with Crippen molar-refractivity contribution >= 4 is 17.8 Å². The average molecular weight is 359 g/mol. The van der Waals surface area contributed by atoms with Gasteiger partial charge in [-0.05, 0) is 58.0 Å². The number of aliphatic hydroxyl groups is 1. The predicted molar refractivity (Wildman–Crippen MR) is 99.8 cm³/mol. The van der Waals surface area contributed by atoms with E-state index >= 15 is 0 Å². The van der Waals surface area contributed by atoms with Crippen molar-refractivity contribution in [3.63, 3.8) is 0 Å². The first-order valence-electron chi connectivity index (χ1n) is 8.47. The average Bonchev–Trinajstić information content (AvgIpc) is 2.60. The highest BCUT2D eigenvalue weighted by atomic mass is 16.3. The molecular formula is C18H25N5O3. The molecule has 0 saturated carbocycles. The number of aldehydes is 1. The maximum absolute atomic E-state index is 11.8. The summed E-state index contributed by atoms with van der Waals surface area (Å²) in [5, 5.41) is 19.4. The third kappa shape index (κ3) is 5.75. The summed E-state index contributed by atoms with van der Waals surface area (Å²) in [5.41, 5.74) is 0.993. The molecule has 2 aromatic heterocycles. The Morgan fingerprint density at radius 1 is 1.35 bits per heavy atom. The molecule has 0 aliphatic carbocycles. The highest BCUT2D eigenvalue weighted by Gasteiger charge is 2.22. The van der Waals surface area contributed by atoms with Gasteiger partial charge in [0.25, 0.3) is 5.56 Å². The zero-order valence-electron chi connectivity index (χ0n) is 15.3. The minimum atomic E-state index is -0.384. The van der Waals surface area contributed by atoms with E-state index in [-0.39, 0.29) is 11.2 Å². The van der Waals surface area contributed by atoms with Crippen molar-refractivity contribution in [1.29, 1.82) is 0 Å². The molecule has 140 valence electrons. The molecule has 1 aliphatic heterocycles. The summed E-state index contributed by atoms with van der Waals surface area (Å²) < 4.78 is 1.26. The van der Waals surface area contributed by atoms with Gasteiger partial charge >= 0.3 is 0 Å². The smallest absolute Gasteiger partial charge is 0.290 e. The Balaban J connectivity index is 0.000000254. The molecule has 3 N–H and O–H groups in total. The number of rotatable bonds is 3. The first-order chi connectivity index (χ1) is 12.3. The molecule has 0 atom stereocenters. The molecular weight excluding hydrogens is 334 g/mol. The first-order valence-corrected chi connectivity index (χ1v) is 8.47. The fourth-order valence-electron chi connectivity index (χ4n) is 2.50. The lowest BCUT2D eigenvalue weighted by Gasteiger charge is -2.27. The molecule has 3 rings (SSSR count). The molecule has 0 spiro atoms. The molecule has 0 radical (unpaired) electrons. The lowest BCUT2D eigenvalue weighted by Crippen LogP contribution is -2.39. The van der Waals surface area contributed by atoms with Gasteiger partial charge in [-0.2, -0.15) is 5.10 Å². The lowest BCUT2D eigenvalue weighted by atomic mass is 9.95. The summed E-state index contributed by atoms with van der Waals surface area (Å²) in [4.78, 5) is 26.3. The SMILES string of the molecule is CC1(O)CCNCC1.Cc1cc(Nc2ccc(C=O)cn2)c(=O)n(C)n1. The summed E-state index contributed by atoms with van der Waals surface area (Å²) in [7, 11) is 1.59. The van der Waals surface area contributed by atoms with Crippen LogP contribution < -0.4 is 16.2 Å². The van der Waals surface area contributed by atoms with E-state index in [1.807, 2.05) is 6.92 Å². The Morgan fingerprint density at radius 3 is 2.54 bits per heavy atom. The van der Waals surface area contributed by atoms with Crippen molar-refractivity contribution in [3.8, 4) is 0 Å². The van der Waals surface area contributed by atoms with Gasteiger partial charge in [0.2, 0.25) is 0 Å². The van der Waals surface area contributed by atoms with Crippen molar-refractivity contribution in [2.24, 2.45) is 7.05 Å². The summed E-state index contributed by atoms with van der Waals surface area (Å²) in [5.74, 6) is 0.503. The second-order valence-corrected chi connectivity index (χ2v) is 6.59. The van der Waals surface area contributed by atoms with Gasteiger partial charge in [0.15, 0.2) is 6.29 Å². The Kier molecular flexibility index (Phi) is 6.59. The maximum Gasteiger partial charge on any atom is 0.290 e. The van der Waals surface area contributed by atoms with E-state index in [1.165, 1.54) is 10.9 Å². The van der Waals surface area contributed by atoms with E-state index in [0.29, 0.717) is 23.4 Å². The van der Waals surface area contributed by atoms with E-state index in [9.17, 15) is 14.7 Å². The van der Waals surface area contributed by atoms with Crippen molar-refractivity contribution in [3.05, 3.63) is 46.0 Å². The van der Waals surface area contributed by atoms with Gasteiger partial charge in [-0.25, -0.2) is 9.67 Å². The van der Waals surface area contributed by atoms with Gasteiger partial charge in [0, 0.05) is 18.8 Å². The Morgan fingerprint density at radius 2 is 2.04 bits per heavy atom. The van der Waals surface area contributed by atoms with Gasteiger partial charge in [-0.1, -0.05) is 0 Å². The zero-order valence-corrected chi connectivity index (χ0v) is 15.3. The Labute approximate surface area is 152 Å². The number of hydrogen-bond acceptors (Lipinski definition) is 7. The summed E-state index contributed by atoms with van der Waals surface area (Å²) >= 11 is 0. The zero-order chi connectivity index (χ0) is 19.2. The van der Waals surface area contributed by atoms with Crippen molar-refractivity contribution in [2.75, 3.05) is 18.4 Å². The molecule has 1 aliphatic rings. The second kappa shape index (κ2) is 8.68. The quantitative estimate of drug-likeness (QED) is 0.706. The fourth-order valence-corrected chi connectivity index (χ4v) is 2.50. The number of hydrogen-bond donors (Lipinski definition) is 3. The number of aromatic nitrogens is 3. The van der Waals surface area contributed by atoms with E-state index in [1.54, 1.807) is 32.2 Å². The standard InChI is InChI=1S/C12H12N4O2.C6H13NO/c1-8-5-10(12(18)16(2)15-8)14-11-4-3-9(7-17)6-13-11;1-6(8)2-4-7-5-3-6/h3-7H,1-2H3,(H,13,14);7-8H,2-5H2,1H3. The van der Waals surface area contributed by atoms with Gasteiger partial charge in [-0.3, -0.25) is 9.59 Å². The molecule has 3 heterocycles. The third-order valence-corrected chi connectivity index (χ3v) is 4.05. The molecule has 0 bridgehead atoms. The maximum atomic E-state index is 11.8. The van der Waals surface area contributed by atoms with Crippen LogP contribution in [0.15, 0.2) is 29.2 Å². The van der Waals surface area contributed by atoms with E-state index in [0.717, 1.165) is 31.6 Å². The molecule has 1 saturated heterocycles. The van der Waals surface area contributed by atoms with Crippen LogP contribution in [0.1, 0.15) is 35.8 Å². The van der Waals surface area contributed by atoms with Gasteiger partial charge in [0.05, 0.1) is 11.3 Å². The number of carbonyl (C=O) groups excluding carboxylic acids is 1. The topological polar surface area (TPSA) is 109 Å². The predicted octanol–water partition coefficient (Wildman–Crippen LogP) is 1.16. The van der Waals surface area contributed by atoms with Gasteiger partial charge in [-0.15, -0.1) is 0 Å². The molecule has 0 unspecified atom stereocenters. The molecule has 0 amide bonds. The molecule has 8 nitrogen and oxygen atoms in total. The molecule has 1 fully saturated rings. The molecule has 2 aromatic rings. The highest BCUT2D eigenvalue weighted by Crippen LogP contribution is 2.15. The number of pyridine rings is 1. The Bertz CT molecular complexity index is 791. The van der Waals surface area contributed by atoms with Gasteiger partial charge in [0.1, 0.15) is 11.5 Å². The number of aryl methyl sites for hydroxylation is 2. The Hall–Kier alpha value is -2.58. The van der Waals surface area contributed by atoms with Crippen LogP contribution in [0, 0.1) is 6.92 Å². The van der Waals surface area contributed by atoms with Crippen LogP contribution in [-0.4, -0.2) is 44.8 Å². The van der Waals surface area contributed by atoms with Crippen LogP contribution >= 0.6 is 0 Å². The van der Waals surface area contributed by atoms with Crippen LogP contribution in [0.2, 0.25) is 0 Å². The largest absolute Gasteiger partial charge is 0.390 e. The molecule has 0 aromatic carbocycles. The van der Waals surface area contributed by atoms with E-state index in [2.05, 4.69) is 20.7 Å². The van der Waals surface area contributed by atoms with Gasteiger partial charge < -0.3 is 15.7 Å². The molecule has 8 heteroatoms. The van der Waals surface area contributed by atoms with Crippen molar-refractivity contribution in [1.82, 2.24) is 20.1 Å². The number of carbonyl (C=O) groups is 1. The van der Waals surface area contributed by atoms with Crippen LogP contribution in [0.25, 0.3) is 0 Å². The number of nitrogens with zero attached hydrogens (tertiary/aromatic N) is 3. The summed E-state index contributed by atoms with van der Waals surface area (Å²) in [6.07, 6.45) is 3.94. The molecule has 26 heavy (non-hydrogen) atoms. The summed E-state index contributed by atoms with van der Waals surface area (Å²) in [6.45, 7) is 5.63. The van der Waals surface area contributed by atoms with Crippen LogP contribution in [0.5, 0.6) is 0 Å². The van der Waals surface area contributed by atoms with Crippen LogP contribution in [0.3, 0.4) is 0 Å². The van der Waals surface area contributed by atoms with Crippen molar-refractivity contribution < 1.29 is 9.90 Å². The van der Waals surface area contributed by atoms with E-state index < -0.39 is 0 Å². The lowest BCUT2D eigenvalue weighted by molar-refractivity contribution is 0.0291. The van der Waals surface area contributed by atoms with Crippen molar-refractivity contribution in [2.45, 2.75) is 32.3 Å².